The topological polar surface area (TPSA) is 135 Å². The van der Waals surface area contributed by atoms with Gasteiger partial charge >= 0.3 is 0 Å². The van der Waals surface area contributed by atoms with Gasteiger partial charge in [-0.1, -0.05) is 0 Å². The van der Waals surface area contributed by atoms with Crippen LogP contribution in [0.25, 0.3) is 11.6 Å². The molecule has 0 saturated heterocycles. The van der Waals surface area contributed by atoms with Gasteiger partial charge in [-0.25, -0.2) is 4.39 Å². The van der Waals surface area contributed by atoms with Crippen molar-refractivity contribution in [3.05, 3.63) is 52.1 Å². The molecular formula is C24H29FN4O5. The van der Waals surface area contributed by atoms with Gasteiger partial charge in [0.05, 0.1) is 29.8 Å². The van der Waals surface area contributed by atoms with Crippen LogP contribution in [0.2, 0.25) is 0 Å². The van der Waals surface area contributed by atoms with Gasteiger partial charge in [-0.05, 0) is 43.7 Å². The molecule has 0 bridgehead atoms. The van der Waals surface area contributed by atoms with E-state index >= 15 is 0 Å². The zero-order valence-corrected chi connectivity index (χ0v) is 19.5. The summed E-state index contributed by atoms with van der Waals surface area (Å²) in [6, 6.07) is 4.04. The molecule has 10 heteroatoms. The van der Waals surface area contributed by atoms with Gasteiger partial charge < -0.3 is 30.7 Å². The van der Waals surface area contributed by atoms with E-state index < -0.39 is 23.9 Å². The second-order valence-corrected chi connectivity index (χ2v) is 8.61. The number of aliphatic hydroxyl groups excluding tert-OH is 2. The predicted octanol–water partition coefficient (Wildman–Crippen LogP) is 1.58. The highest BCUT2D eigenvalue weighted by Gasteiger charge is 2.26. The van der Waals surface area contributed by atoms with Gasteiger partial charge in [-0.2, -0.15) is 0 Å². The minimum atomic E-state index is -1.04. The van der Waals surface area contributed by atoms with E-state index in [4.69, 9.17) is 0 Å². The third-order valence-electron chi connectivity index (χ3n) is 5.71. The van der Waals surface area contributed by atoms with Crippen LogP contribution in [0.5, 0.6) is 0 Å². The van der Waals surface area contributed by atoms with Gasteiger partial charge in [-0.3, -0.25) is 14.4 Å². The van der Waals surface area contributed by atoms with E-state index in [0.29, 0.717) is 33.8 Å². The number of aliphatic hydroxyl groups is 2. The number of hydrogen-bond acceptors (Lipinski definition) is 5. The van der Waals surface area contributed by atoms with E-state index in [1.807, 2.05) is 0 Å². The van der Waals surface area contributed by atoms with E-state index in [9.17, 15) is 29.0 Å². The van der Waals surface area contributed by atoms with Crippen LogP contribution in [0, 0.1) is 19.7 Å². The molecule has 1 aliphatic rings. The Labute approximate surface area is 196 Å². The number of nitrogens with one attached hydrogen (secondary N) is 3. The van der Waals surface area contributed by atoms with Gasteiger partial charge in [0.1, 0.15) is 5.82 Å². The number of H-pyrrole nitrogens is 1. The van der Waals surface area contributed by atoms with E-state index in [2.05, 4.69) is 15.6 Å². The third kappa shape index (κ3) is 5.52. The molecule has 1 aromatic heterocycles. The number of hydrogen-bond donors (Lipinski definition) is 5. The molecule has 1 aliphatic heterocycles. The van der Waals surface area contributed by atoms with Gasteiger partial charge in [0.25, 0.3) is 11.8 Å². The maximum atomic E-state index is 13.7. The van der Waals surface area contributed by atoms with Crippen molar-refractivity contribution in [1.82, 2.24) is 15.2 Å². The molecule has 9 nitrogen and oxygen atoms in total. The molecule has 2 aromatic rings. The highest BCUT2D eigenvalue weighted by Crippen LogP contribution is 2.34. The molecule has 3 rings (SSSR count). The summed E-state index contributed by atoms with van der Waals surface area (Å²) in [5, 5.41) is 25.4. The van der Waals surface area contributed by atoms with Crippen molar-refractivity contribution in [2.75, 3.05) is 26.0 Å². The third-order valence-corrected chi connectivity index (χ3v) is 5.71. The van der Waals surface area contributed by atoms with Crippen LogP contribution in [-0.2, 0) is 9.59 Å². The Bertz CT molecular complexity index is 1150. The van der Waals surface area contributed by atoms with Crippen molar-refractivity contribution in [3.8, 4) is 0 Å². The Morgan fingerprint density at radius 1 is 1.21 bits per heavy atom. The fourth-order valence-corrected chi connectivity index (χ4v) is 3.87. The lowest BCUT2D eigenvalue weighted by Crippen LogP contribution is -2.35. The number of aromatic amines is 1. The number of halogens is 1. The maximum absolute atomic E-state index is 13.7. The lowest BCUT2D eigenvalue weighted by atomic mass is 10.0. The van der Waals surface area contributed by atoms with E-state index in [0.717, 1.165) is 0 Å². The Morgan fingerprint density at radius 2 is 1.91 bits per heavy atom. The Hall–Kier alpha value is -3.50. The van der Waals surface area contributed by atoms with E-state index in [1.165, 1.54) is 23.1 Å². The van der Waals surface area contributed by atoms with Crippen molar-refractivity contribution in [1.29, 1.82) is 0 Å². The highest BCUT2D eigenvalue weighted by molar-refractivity contribution is 6.34. The molecule has 5 N–H and O–H groups in total. The van der Waals surface area contributed by atoms with Gasteiger partial charge in [0.2, 0.25) is 5.91 Å². The normalized spacial score (nSPS) is 15.6. The molecule has 34 heavy (non-hydrogen) atoms. The Balaban J connectivity index is 1.69. The molecule has 0 unspecified atom stereocenters. The summed E-state index contributed by atoms with van der Waals surface area (Å²) in [5.74, 6) is -1.52. The number of carbonyl (C=O) groups is 3. The molecule has 0 spiro atoms. The smallest absolute Gasteiger partial charge is 0.256 e. The summed E-state index contributed by atoms with van der Waals surface area (Å²) >= 11 is 0. The number of nitrogens with zero attached hydrogens (tertiary/aromatic N) is 1. The first-order valence-electron chi connectivity index (χ1n) is 10.8. The second-order valence-electron chi connectivity index (χ2n) is 8.61. The molecule has 0 saturated carbocycles. The fraction of sp³-hybridized carbons (Fsp3) is 0.375. The summed E-state index contributed by atoms with van der Waals surface area (Å²) in [7, 11) is 3.15. The molecule has 182 valence electrons. The average Bonchev–Trinajstić information content (AvgIpc) is 3.21. The van der Waals surface area contributed by atoms with Crippen LogP contribution in [0.3, 0.4) is 0 Å². The molecule has 0 aliphatic carbocycles. The lowest BCUT2D eigenvalue weighted by molar-refractivity contribution is -0.131. The summed E-state index contributed by atoms with van der Waals surface area (Å²) in [4.78, 5) is 41.3. The molecular weight excluding hydrogens is 443 g/mol. The lowest BCUT2D eigenvalue weighted by Gasteiger charge is -2.18. The number of benzene rings is 1. The summed E-state index contributed by atoms with van der Waals surface area (Å²) in [6.45, 7) is 3.32. The molecule has 0 radical (unpaired) electrons. The largest absolute Gasteiger partial charge is 0.392 e. The SMILES string of the molecule is Cc1[nH]c(C=C2C(=O)Nc3ccc(F)cc32)c(C)c1C(=O)NC[C@@H](O)C[C@@H](O)CC(=O)N(C)C. The predicted molar refractivity (Wildman–Crippen MR) is 125 cm³/mol. The number of aryl methyl sites for hydroxylation is 1. The van der Waals surface area contributed by atoms with E-state index in [-0.39, 0.29) is 36.8 Å². The van der Waals surface area contributed by atoms with Crippen LogP contribution < -0.4 is 10.6 Å². The number of aromatic nitrogens is 1. The Morgan fingerprint density at radius 3 is 2.59 bits per heavy atom. The van der Waals surface area contributed by atoms with Gasteiger partial charge in [0.15, 0.2) is 0 Å². The molecule has 2 atom stereocenters. The molecule has 3 amide bonds. The van der Waals surface area contributed by atoms with Crippen LogP contribution in [0.4, 0.5) is 10.1 Å². The minimum absolute atomic E-state index is 0.0621. The van der Waals surface area contributed by atoms with Crippen LogP contribution >= 0.6 is 0 Å². The van der Waals surface area contributed by atoms with Crippen molar-refractivity contribution in [2.24, 2.45) is 0 Å². The first-order chi connectivity index (χ1) is 16.0. The van der Waals surface area contributed by atoms with Crippen molar-refractivity contribution >= 4 is 35.1 Å². The quantitative estimate of drug-likeness (QED) is 0.372. The standard InChI is InChI=1S/C24H29FN4O5/c1-12-20(10-18-17-7-14(25)5-6-19(17)28-23(18)33)27-13(2)22(12)24(34)26-11-16(31)8-15(30)9-21(32)29(3)4/h5-7,10,15-16,27,30-31H,8-9,11H2,1-4H3,(H,26,34)(H,28,33)/t15-,16+/m1/s1. The van der Waals surface area contributed by atoms with Crippen molar-refractivity contribution in [3.63, 3.8) is 0 Å². The first-order valence-corrected chi connectivity index (χ1v) is 10.8. The van der Waals surface area contributed by atoms with Crippen LogP contribution in [-0.4, -0.2) is 70.7 Å². The maximum Gasteiger partial charge on any atom is 0.256 e. The van der Waals surface area contributed by atoms with E-state index in [1.54, 1.807) is 34.0 Å². The molecule has 2 heterocycles. The fourth-order valence-electron chi connectivity index (χ4n) is 3.87. The number of fused-ring (bicyclic) bond motifs is 1. The number of rotatable bonds is 8. The van der Waals surface area contributed by atoms with Gasteiger partial charge in [-0.15, -0.1) is 0 Å². The number of amides is 3. The highest BCUT2D eigenvalue weighted by atomic mass is 19.1. The first kappa shape index (κ1) is 25.1. The summed E-state index contributed by atoms with van der Waals surface area (Å²) in [6.07, 6.45) is -0.670. The number of anilines is 1. The monoisotopic (exact) mass is 472 g/mol. The molecule has 0 fully saturated rings. The summed E-state index contributed by atoms with van der Waals surface area (Å²) in [5.41, 5.74) is 3.28. The summed E-state index contributed by atoms with van der Waals surface area (Å²) < 4.78 is 13.7. The van der Waals surface area contributed by atoms with Gasteiger partial charge in [0, 0.05) is 49.7 Å². The van der Waals surface area contributed by atoms with Crippen LogP contribution in [0.1, 0.15) is 45.7 Å². The van der Waals surface area contributed by atoms with Crippen LogP contribution in [0.15, 0.2) is 18.2 Å². The number of carbonyl (C=O) groups excluding carboxylic acids is 3. The minimum Gasteiger partial charge on any atom is -0.392 e. The average molecular weight is 473 g/mol. The Kier molecular flexibility index (Phi) is 7.53. The zero-order chi connectivity index (χ0) is 25.2. The zero-order valence-electron chi connectivity index (χ0n) is 19.5. The molecule has 1 aromatic carbocycles. The van der Waals surface area contributed by atoms with Crippen molar-refractivity contribution in [2.45, 2.75) is 38.9 Å². The second kappa shape index (κ2) is 10.2. The van der Waals surface area contributed by atoms with Crippen molar-refractivity contribution < 1.29 is 29.0 Å².